The maximum atomic E-state index is 11.6. The smallest absolute Gasteiger partial charge is 0.261 e. The Hall–Kier alpha value is -0.870. The van der Waals surface area contributed by atoms with Gasteiger partial charge in [0.2, 0.25) is 0 Å². The molecule has 4 heteroatoms. The fraction of sp³-hybridized carbons (Fsp3) is 0.500. The number of amides is 1. The van der Waals surface area contributed by atoms with E-state index in [0.717, 1.165) is 24.3 Å². The number of nitrogens with one attached hydrogen (secondary N) is 1. The Morgan fingerprint density at radius 2 is 2.57 bits per heavy atom. The summed E-state index contributed by atoms with van der Waals surface area (Å²) in [7, 11) is 0. The topological polar surface area (TPSA) is 38.3 Å². The second-order valence-corrected chi connectivity index (χ2v) is 4.31. The summed E-state index contributed by atoms with van der Waals surface area (Å²) in [6.45, 7) is 1.47. The summed E-state index contributed by atoms with van der Waals surface area (Å²) in [6.07, 6.45) is 2.06. The van der Waals surface area contributed by atoms with Crippen molar-refractivity contribution in [2.24, 2.45) is 0 Å². The van der Waals surface area contributed by atoms with Crippen LogP contribution in [-0.4, -0.2) is 25.2 Å². The highest BCUT2D eigenvalue weighted by molar-refractivity contribution is 7.12. The fourth-order valence-electron chi connectivity index (χ4n) is 1.52. The molecule has 3 nitrogen and oxygen atoms in total. The summed E-state index contributed by atoms with van der Waals surface area (Å²) in [4.78, 5) is 12.4. The number of carbonyl (C=O) groups is 1. The van der Waals surface area contributed by atoms with Gasteiger partial charge in [-0.05, 0) is 24.3 Å². The van der Waals surface area contributed by atoms with Crippen LogP contribution in [0.5, 0.6) is 0 Å². The SMILES string of the molecule is O=C(N[C@H]1CCCOC1)c1cccs1. The molecule has 1 aliphatic rings. The second kappa shape index (κ2) is 4.57. The van der Waals surface area contributed by atoms with Gasteiger partial charge in [0, 0.05) is 6.61 Å². The average Bonchev–Trinajstić information content (AvgIpc) is 2.72. The van der Waals surface area contributed by atoms with Gasteiger partial charge in [-0.15, -0.1) is 11.3 Å². The zero-order valence-corrected chi connectivity index (χ0v) is 8.68. The number of hydrogen-bond donors (Lipinski definition) is 1. The number of hydrogen-bond acceptors (Lipinski definition) is 3. The average molecular weight is 211 g/mol. The lowest BCUT2D eigenvalue weighted by molar-refractivity contribution is 0.0626. The Labute approximate surface area is 87.1 Å². The first-order valence-corrected chi connectivity index (χ1v) is 5.66. The van der Waals surface area contributed by atoms with Crippen molar-refractivity contribution in [3.63, 3.8) is 0 Å². The van der Waals surface area contributed by atoms with E-state index < -0.39 is 0 Å². The van der Waals surface area contributed by atoms with Crippen LogP contribution in [0.3, 0.4) is 0 Å². The zero-order chi connectivity index (χ0) is 9.80. The van der Waals surface area contributed by atoms with Gasteiger partial charge >= 0.3 is 0 Å². The van der Waals surface area contributed by atoms with E-state index in [-0.39, 0.29) is 11.9 Å². The lowest BCUT2D eigenvalue weighted by Crippen LogP contribution is -2.40. The molecule has 0 bridgehead atoms. The molecule has 1 atom stereocenters. The van der Waals surface area contributed by atoms with Crippen molar-refractivity contribution >= 4 is 17.2 Å². The molecule has 0 spiro atoms. The van der Waals surface area contributed by atoms with Crippen LogP contribution in [0.4, 0.5) is 0 Å². The molecule has 0 saturated carbocycles. The Bertz CT molecular complexity index is 291. The fourth-order valence-corrected chi connectivity index (χ4v) is 2.15. The molecule has 2 rings (SSSR count). The third kappa shape index (κ3) is 2.33. The van der Waals surface area contributed by atoms with Crippen molar-refractivity contribution in [2.75, 3.05) is 13.2 Å². The van der Waals surface area contributed by atoms with E-state index in [2.05, 4.69) is 5.32 Å². The summed E-state index contributed by atoms with van der Waals surface area (Å²) in [5, 5.41) is 4.88. The summed E-state index contributed by atoms with van der Waals surface area (Å²) >= 11 is 1.47. The van der Waals surface area contributed by atoms with Crippen LogP contribution in [0.15, 0.2) is 17.5 Å². The quantitative estimate of drug-likeness (QED) is 0.808. The molecule has 0 aromatic carbocycles. The third-order valence-corrected chi connectivity index (χ3v) is 3.11. The predicted octanol–water partition coefficient (Wildman–Crippen LogP) is 1.66. The highest BCUT2D eigenvalue weighted by Crippen LogP contribution is 2.11. The lowest BCUT2D eigenvalue weighted by Gasteiger charge is -2.22. The van der Waals surface area contributed by atoms with Crippen molar-refractivity contribution in [3.05, 3.63) is 22.4 Å². The molecule has 1 amide bonds. The minimum Gasteiger partial charge on any atom is -0.379 e. The molecule has 1 saturated heterocycles. The standard InChI is InChI=1S/C10H13NO2S/c12-10(9-4-2-6-14-9)11-8-3-1-5-13-7-8/h2,4,6,8H,1,3,5,7H2,(H,11,12)/t8-/m0/s1. The van der Waals surface area contributed by atoms with Crippen LogP contribution in [0, 0.1) is 0 Å². The van der Waals surface area contributed by atoms with Gasteiger partial charge in [0.05, 0.1) is 17.5 Å². The van der Waals surface area contributed by atoms with Crippen LogP contribution < -0.4 is 5.32 Å². The van der Waals surface area contributed by atoms with Gasteiger partial charge in [-0.25, -0.2) is 0 Å². The molecule has 1 aromatic heterocycles. The van der Waals surface area contributed by atoms with E-state index in [1.807, 2.05) is 17.5 Å². The van der Waals surface area contributed by atoms with Gasteiger partial charge < -0.3 is 10.1 Å². The first-order valence-electron chi connectivity index (χ1n) is 4.78. The van der Waals surface area contributed by atoms with E-state index in [1.165, 1.54) is 11.3 Å². The number of thiophene rings is 1. The van der Waals surface area contributed by atoms with Crippen LogP contribution in [0.2, 0.25) is 0 Å². The molecule has 1 aromatic rings. The van der Waals surface area contributed by atoms with Crippen LogP contribution in [0.1, 0.15) is 22.5 Å². The lowest BCUT2D eigenvalue weighted by atomic mass is 10.1. The minimum atomic E-state index is 0.0236. The number of ether oxygens (including phenoxy) is 1. The molecular formula is C10H13NO2S. The molecule has 1 aliphatic heterocycles. The van der Waals surface area contributed by atoms with Crippen molar-refractivity contribution in [2.45, 2.75) is 18.9 Å². The molecule has 0 unspecified atom stereocenters. The van der Waals surface area contributed by atoms with Gasteiger partial charge in [-0.1, -0.05) is 6.07 Å². The Morgan fingerprint density at radius 3 is 3.21 bits per heavy atom. The minimum absolute atomic E-state index is 0.0236. The van der Waals surface area contributed by atoms with Gasteiger partial charge in [0.1, 0.15) is 0 Å². The summed E-state index contributed by atoms with van der Waals surface area (Å²) in [5.74, 6) is 0.0236. The molecule has 14 heavy (non-hydrogen) atoms. The third-order valence-electron chi connectivity index (χ3n) is 2.24. The largest absolute Gasteiger partial charge is 0.379 e. The molecule has 1 fully saturated rings. The normalized spacial score (nSPS) is 21.9. The predicted molar refractivity (Wildman–Crippen MR) is 55.6 cm³/mol. The van der Waals surface area contributed by atoms with Crippen LogP contribution in [0.25, 0.3) is 0 Å². The monoisotopic (exact) mass is 211 g/mol. The van der Waals surface area contributed by atoms with Crippen LogP contribution >= 0.6 is 11.3 Å². The van der Waals surface area contributed by atoms with Crippen LogP contribution in [-0.2, 0) is 4.74 Å². The number of rotatable bonds is 2. The van der Waals surface area contributed by atoms with E-state index in [1.54, 1.807) is 0 Å². The van der Waals surface area contributed by atoms with Gasteiger partial charge in [-0.2, -0.15) is 0 Å². The second-order valence-electron chi connectivity index (χ2n) is 3.36. The van der Waals surface area contributed by atoms with Crippen molar-refractivity contribution in [1.82, 2.24) is 5.32 Å². The highest BCUT2D eigenvalue weighted by atomic mass is 32.1. The van der Waals surface area contributed by atoms with Gasteiger partial charge in [0.25, 0.3) is 5.91 Å². The molecule has 1 N–H and O–H groups in total. The van der Waals surface area contributed by atoms with E-state index in [4.69, 9.17) is 4.74 Å². The molecule has 0 aliphatic carbocycles. The van der Waals surface area contributed by atoms with E-state index in [0.29, 0.717) is 6.61 Å². The highest BCUT2D eigenvalue weighted by Gasteiger charge is 2.17. The summed E-state index contributed by atoms with van der Waals surface area (Å²) in [5.41, 5.74) is 0. The molecule has 0 radical (unpaired) electrons. The van der Waals surface area contributed by atoms with Gasteiger partial charge in [0.15, 0.2) is 0 Å². The first-order chi connectivity index (χ1) is 6.86. The Morgan fingerprint density at radius 1 is 1.64 bits per heavy atom. The Kier molecular flexibility index (Phi) is 3.16. The molecule has 2 heterocycles. The van der Waals surface area contributed by atoms with E-state index in [9.17, 15) is 4.79 Å². The summed E-state index contributed by atoms with van der Waals surface area (Å²) in [6, 6.07) is 3.92. The van der Waals surface area contributed by atoms with Gasteiger partial charge in [-0.3, -0.25) is 4.79 Å². The van der Waals surface area contributed by atoms with Crippen molar-refractivity contribution in [1.29, 1.82) is 0 Å². The number of carbonyl (C=O) groups excluding carboxylic acids is 1. The molecule has 76 valence electrons. The maximum absolute atomic E-state index is 11.6. The maximum Gasteiger partial charge on any atom is 0.261 e. The van der Waals surface area contributed by atoms with Crippen molar-refractivity contribution < 1.29 is 9.53 Å². The van der Waals surface area contributed by atoms with Crippen molar-refractivity contribution in [3.8, 4) is 0 Å². The first kappa shape index (κ1) is 9.68. The Balaban J connectivity index is 1.87. The van der Waals surface area contributed by atoms with E-state index >= 15 is 0 Å². The summed E-state index contributed by atoms with van der Waals surface area (Å²) < 4.78 is 5.29. The zero-order valence-electron chi connectivity index (χ0n) is 7.86. The molecular weight excluding hydrogens is 198 g/mol.